The molecule has 33 heavy (non-hydrogen) atoms. The maximum Gasteiger partial charge on any atom is 0.413 e. The summed E-state index contributed by atoms with van der Waals surface area (Å²) in [5.41, 5.74) is 0. The van der Waals surface area contributed by atoms with Gasteiger partial charge in [0, 0.05) is 24.6 Å². The summed E-state index contributed by atoms with van der Waals surface area (Å²) in [5.74, 6) is -2.47. The van der Waals surface area contributed by atoms with Gasteiger partial charge in [0.25, 0.3) is 0 Å². The molecule has 0 fully saturated rings. The molecule has 12 nitrogen and oxygen atoms in total. The number of ether oxygens (including phenoxy) is 8. The summed E-state index contributed by atoms with van der Waals surface area (Å²) < 4.78 is 41.4. The van der Waals surface area contributed by atoms with Crippen LogP contribution in [0.1, 0.15) is 13.3 Å². The molecule has 0 aromatic heterocycles. The summed E-state index contributed by atoms with van der Waals surface area (Å²) in [6, 6.07) is 0. The van der Waals surface area contributed by atoms with Crippen molar-refractivity contribution in [2.45, 2.75) is 19.5 Å². The van der Waals surface area contributed by atoms with Crippen LogP contribution in [0, 0.1) is 0 Å². The van der Waals surface area contributed by atoms with E-state index >= 15 is 0 Å². The normalized spacial score (nSPS) is 10.6. The van der Waals surface area contributed by atoms with Crippen molar-refractivity contribution in [2.24, 2.45) is 0 Å². The molecule has 0 radical (unpaired) electrons. The Bertz CT molecular complexity index is 588. The first kappa shape index (κ1) is 29.9. The third kappa shape index (κ3) is 15.4. The molecular weight excluding hydrogens is 444 g/mol. The van der Waals surface area contributed by atoms with E-state index in [1.165, 1.54) is 0 Å². The number of carbonyl (C=O) groups excluding carboxylic acids is 4. The summed E-state index contributed by atoms with van der Waals surface area (Å²) in [7, 11) is 0. The van der Waals surface area contributed by atoms with E-state index in [0.29, 0.717) is 0 Å². The van der Waals surface area contributed by atoms with Crippen LogP contribution in [-0.4, -0.2) is 82.9 Å². The minimum absolute atomic E-state index is 0.146. The Morgan fingerprint density at radius 2 is 0.879 bits per heavy atom. The smallest absolute Gasteiger partial charge is 0.413 e. The molecule has 0 rings (SSSR count). The minimum Gasteiger partial charge on any atom is -0.463 e. The summed E-state index contributed by atoms with van der Waals surface area (Å²) >= 11 is 0. The third-order valence-electron chi connectivity index (χ3n) is 3.23. The van der Waals surface area contributed by atoms with Crippen LogP contribution in [0.3, 0.4) is 0 Å². The van der Waals surface area contributed by atoms with Gasteiger partial charge in [0.15, 0.2) is 0 Å². The Morgan fingerprint density at radius 1 is 0.576 bits per heavy atom. The van der Waals surface area contributed by atoms with Crippen LogP contribution in [-0.2, 0) is 57.1 Å². The summed E-state index contributed by atoms with van der Waals surface area (Å²) in [5, 5.41) is 0. The lowest BCUT2D eigenvalue weighted by molar-refractivity contribution is -0.501. The van der Waals surface area contributed by atoms with Gasteiger partial charge in [0.2, 0.25) is 0 Å². The summed E-state index contributed by atoms with van der Waals surface area (Å²) in [6.45, 7) is 9.75. The van der Waals surface area contributed by atoms with Gasteiger partial charge in [-0.25, -0.2) is 14.4 Å². The Balaban J connectivity index is 5.13. The maximum atomic E-state index is 11.3. The molecule has 0 aliphatic carbocycles. The quantitative estimate of drug-likeness (QED) is 0.0810. The lowest BCUT2D eigenvalue weighted by Crippen LogP contribution is -2.45. The Kier molecular flexibility index (Phi) is 16.8. The average molecular weight is 474 g/mol. The average Bonchev–Trinajstić information content (AvgIpc) is 2.83. The monoisotopic (exact) mass is 474 g/mol. The van der Waals surface area contributed by atoms with Crippen molar-refractivity contribution in [3.05, 3.63) is 38.0 Å². The topological polar surface area (TPSA) is 142 Å². The fourth-order valence-electron chi connectivity index (χ4n) is 1.78. The van der Waals surface area contributed by atoms with E-state index in [1.54, 1.807) is 6.92 Å². The van der Waals surface area contributed by atoms with Crippen LogP contribution < -0.4 is 0 Å². The predicted molar refractivity (Wildman–Crippen MR) is 111 cm³/mol. The lowest BCUT2D eigenvalue weighted by Gasteiger charge is -2.32. The standard InChI is InChI=1S/C21H30O12/c1-5-17(22)26-9-13-30-21(31-14-10-27-18(23)6-2,32-15-11-28-19(24)7-3)33-16-12-29-20(25)8-4/h5-7H,1-3,8-16H2,4H3. The first-order valence-corrected chi connectivity index (χ1v) is 9.91. The van der Waals surface area contributed by atoms with Crippen LogP contribution in [0.4, 0.5) is 0 Å². The molecule has 12 heteroatoms. The zero-order valence-electron chi connectivity index (χ0n) is 18.6. The molecule has 0 aliphatic rings. The van der Waals surface area contributed by atoms with Gasteiger partial charge in [-0.05, 0) is 0 Å². The van der Waals surface area contributed by atoms with Crippen LogP contribution in [0.5, 0.6) is 0 Å². The van der Waals surface area contributed by atoms with Crippen molar-refractivity contribution in [1.82, 2.24) is 0 Å². The molecule has 0 aromatic carbocycles. The Hall–Kier alpha value is -3.06. The van der Waals surface area contributed by atoms with Crippen LogP contribution in [0.15, 0.2) is 38.0 Å². The SMILES string of the molecule is C=CC(=O)OCCOC(OCCOC(=O)C=C)(OCCOC(=O)C=C)OCCOC(=O)CC. The Morgan fingerprint density at radius 3 is 1.15 bits per heavy atom. The number of hydrogen-bond donors (Lipinski definition) is 0. The number of rotatable bonds is 20. The second kappa shape index (κ2) is 18.5. The second-order valence-corrected chi connectivity index (χ2v) is 5.58. The summed E-state index contributed by atoms with van der Waals surface area (Å²) in [6.07, 6.45) is 0.898. The minimum atomic E-state index is -2.19. The van der Waals surface area contributed by atoms with E-state index in [2.05, 4.69) is 19.7 Å². The van der Waals surface area contributed by atoms with Gasteiger partial charge >= 0.3 is 30.0 Å². The number of carbonyl (C=O) groups is 4. The van der Waals surface area contributed by atoms with E-state index in [0.717, 1.165) is 18.2 Å². The van der Waals surface area contributed by atoms with Crippen molar-refractivity contribution >= 4 is 23.9 Å². The molecule has 0 atom stereocenters. The molecule has 0 aliphatic heterocycles. The van der Waals surface area contributed by atoms with Crippen molar-refractivity contribution in [3.8, 4) is 0 Å². The van der Waals surface area contributed by atoms with Gasteiger partial charge in [-0.15, -0.1) is 0 Å². The second-order valence-electron chi connectivity index (χ2n) is 5.58. The molecule has 0 N–H and O–H groups in total. The highest BCUT2D eigenvalue weighted by molar-refractivity contribution is 5.81. The van der Waals surface area contributed by atoms with Crippen LogP contribution in [0.2, 0.25) is 0 Å². The molecule has 0 spiro atoms. The van der Waals surface area contributed by atoms with Gasteiger partial charge < -0.3 is 18.9 Å². The molecule has 0 amide bonds. The molecule has 0 saturated heterocycles. The van der Waals surface area contributed by atoms with Gasteiger partial charge in [0.05, 0.1) is 26.4 Å². The predicted octanol–water partition coefficient (Wildman–Crippen LogP) is 0.805. The van der Waals surface area contributed by atoms with Crippen molar-refractivity contribution in [3.63, 3.8) is 0 Å². The van der Waals surface area contributed by atoms with Crippen LogP contribution in [0.25, 0.3) is 0 Å². The van der Waals surface area contributed by atoms with E-state index in [4.69, 9.17) is 37.9 Å². The zero-order valence-corrected chi connectivity index (χ0v) is 18.6. The van der Waals surface area contributed by atoms with E-state index in [1.807, 2.05) is 0 Å². The highest BCUT2D eigenvalue weighted by Crippen LogP contribution is 2.18. The molecule has 186 valence electrons. The first-order chi connectivity index (χ1) is 15.8. The summed E-state index contributed by atoms with van der Waals surface area (Å²) in [4.78, 5) is 44.9. The molecule has 0 aromatic rings. The van der Waals surface area contributed by atoms with E-state index in [9.17, 15) is 19.2 Å². The molecule has 0 saturated carbocycles. The molecular formula is C21H30O12. The molecule has 0 heterocycles. The van der Waals surface area contributed by atoms with Crippen molar-refractivity contribution in [2.75, 3.05) is 52.9 Å². The molecule has 0 unspecified atom stereocenters. The first-order valence-electron chi connectivity index (χ1n) is 9.91. The highest BCUT2D eigenvalue weighted by Gasteiger charge is 2.36. The van der Waals surface area contributed by atoms with Gasteiger partial charge in [0.1, 0.15) is 26.4 Å². The highest BCUT2D eigenvalue weighted by atomic mass is 17.0. The largest absolute Gasteiger partial charge is 0.463 e. The van der Waals surface area contributed by atoms with Gasteiger partial charge in [-0.3, -0.25) is 23.7 Å². The van der Waals surface area contributed by atoms with Crippen LogP contribution >= 0.6 is 0 Å². The Labute approximate surface area is 192 Å². The van der Waals surface area contributed by atoms with E-state index < -0.39 is 30.0 Å². The lowest BCUT2D eigenvalue weighted by atomic mass is 10.5. The number of hydrogen-bond acceptors (Lipinski definition) is 12. The maximum absolute atomic E-state index is 11.3. The van der Waals surface area contributed by atoms with Crippen molar-refractivity contribution in [1.29, 1.82) is 0 Å². The van der Waals surface area contributed by atoms with E-state index in [-0.39, 0.29) is 59.3 Å². The molecule has 0 bridgehead atoms. The zero-order chi connectivity index (χ0) is 25.0. The third-order valence-corrected chi connectivity index (χ3v) is 3.23. The fourth-order valence-corrected chi connectivity index (χ4v) is 1.78. The fraction of sp³-hybridized carbons (Fsp3) is 0.524. The van der Waals surface area contributed by atoms with Crippen molar-refractivity contribution < 1.29 is 57.1 Å². The number of esters is 4. The van der Waals surface area contributed by atoms with Gasteiger partial charge in [-0.2, -0.15) is 0 Å². The van der Waals surface area contributed by atoms with Gasteiger partial charge in [-0.1, -0.05) is 26.7 Å².